The molecule has 0 aliphatic carbocycles. The van der Waals surface area contributed by atoms with Crippen molar-refractivity contribution in [2.24, 2.45) is 12.5 Å². The van der Waals surface area contributed by atoms with Crippen molar-refractivity contribution in [1.82, 2.24) is 9.78 Å². The molecule has 1 atom stereocenters. The number of nitrogens with zero attached hydrogens (tertiary/aromatic N) is 2. The summed E-state index contributed by atoms with van der Waals surface area (Å²) in [6, 6.07) is 0. The molecule has 0 fully saturated rings. The number of aromatic nitrogens is 2. The van der Waals surface area contributed by atoms with E-state index in [2.05, 4.69) is 27.6 Å². The van der Waals surface area contributed by atoms with E-state index in [1.807, 2.05) is 14.0 Å². The maximum absolute atomic E-state index is 11.2. The van der Waals surface area contributed by atoms with Crippen molar-refractivity contribution < 1.29 is 9.90 Å². The number of halogens is 1. The molecule has 1 rings (SSSR count). The van der Waals surface area contributed by atoms with Gasteiger partial charge in [-0.25, -0.2) is 0 Å². The first-order valence-corrected chi connectivity index (χ1v) is 6.22. The van der Waals surface area contributed by atoms with Crippen LogP contribution in [0.15, 0.2) is 17.1 Å². The minimum Gasteiger partial charge on any atom is -0.481 e. The van der Waals surface area contributed by atoms with Crippen LogP contribution < -0.4 is 0 Å². The van der Waals surface area contributed by atoms with E-state index in [1.54, 1.807) is 11.6 Å². The number of hydrogen-bond donors (Lipinski definition) is 1. The van der Waals surface area contributed by atoms with Crippen LogP contribution in [0.3, 0.4) is 0 Å². The summed E-state index contributed by atoms with van der Waals surface area (Å²) in [4.78, 5) is 11.2. The molecule has 94 valence electrons. The Morgan fingerprint density at radius 3 is 2.65 bits per heavy atom. The third-order valence-corrected chi connectivity index (χ3v) is 3.89. The lowest BCUT2D eigenvalue weighted by atomic mass is 9.85. The molecule has 0 saturated carbocycles. The first-order chi connectivity index (χ1) is 7.85. The quantitative estimate of drug-likeness (QED) is 0.850. The standard InChI is InChI=1S/C12H17BrN2O2/c1-5-8-10(13)9(15(4)14-8)7-12(3,6-2)11(16)17/h6H,2,5,7H2,1,3-4H3,(H,16,17). The van der Waals surface area contributed by atoms with E-state index in [1.165, 1.54) is 6.08 Å². The van der Waals surface area contributed by atoms with Gasteiger partial charge >= 0.3 is 5.97 Å². The Labute approximate surface area is 109 Å². The zero-order valence-corrected chi connectivity index (χ0v) is 11.9. The van der Waals surface area contributed by atoms with E-state index in [-0.39, 0.29) is 0 Å². The molecule has 0 spiro atoms. The second-order valence-corrected chi connectivity index (χ2v) is 5.08. The van der Waals surface area contributed by atoms with Crippen LogP contribution in [0.4, 0.5) is 0 Å². The second kappa shape index (κ2) is 5.04. The van der Waals surface area contributed by atoms with Gasteiger partial charge in [0.2, 0.25) is 0 Å². The molecule has 0 aliphatic heterocycles. The molecule has 1 N–H and O–H groups in total. The largest absolute Gasteiger partial charge is 0.481 e. The summed E-state index contributed by atoms with van der Waals surface area (Å²) in [6.07, 6.45) is 2.66. The highest BCUT2D eigenvalue weighted by Gasteiger charge is 2.32. The van der Waals surface area contributed by atoms with Crippen LogP contribution in [-0.4, -0.2) is 20.9 Å². The molecule has 0 amide bonds. The van der Waals surface area contributed by atoms with E-state index in [4.69, 9.17) is 0 Å². The number of aliphatic carboxylic acids is 1. The second-order valence-electron chi connectivity index (χ2n) is 4.29. The molecule has 1 aromatic rings. The molecule has 17 heavy (non-hydrogen) atoms. The minimum atomic E-state index is -0.971. The number of carboxylic acids is 1. The van der Waals surface area contributed by atoms with Gasteiger partial charge in [-0.2, -0.15) is 5.10 Å². The van der Waals surface area contributed by atoms with Gasteiger partial charge in [-0.15, -0.1) is 6.58 Å². The van der Waals surface area contributed by atoms with E-state index < -0.39 is 11.4 Å². The van der Waals surface area contributed by atoms with E-state index >= 15 is 0 Å². The molecular weight excluding hydrogens is 284 g/mol. The van der Waals surface area contributed by atoms with Gasteiger partial charge in [0.1, 0.15) is 0 Å². The molecule has 1 heterocycles. The third-order valence-electron chi connectivity index (χ3n) is 2.98. The number of rotatable bonds is 5. The van der Waals surface area contributed by atoms with Crippen molar-refractivity contribution in [3.8, 4) is 0 Å². The summed E-state index contributed by atoms with van der Waals surface area (Å²) in [5, 5.41) is 13.6. The first kappa shape index (κ1) is 14.0. The Hall–Kier alpha value is -1.10. The minimum absolute atomic E-state index is 0.371. The first-order valence-electron chi connectivity index (χ1n) is 5.43. The van der Waals surface area contributed by atoms with Crippen molar-refractivity contribution in [1.29, 1.82) is 0 Å². The predicted molar refractivity (Wildman–Crippen MR) is 69.9 cm³/mol. The molecule has 4 nitrogen and oxygen atoms in total. The summed E-state index contributed by atoms with van der Waals surface area (Å²) in [7, 11) is 1.82. The molecule has 0 aliphatic rings. The van der Waals surface area contributed by atoms with Gasteiger partial charge in [0.05, 0.1) is 21.3 Å². The molecule has 0 bridgehead atoms. The van der Waals surface area contributed by atoms with Gasteiger partial charge in [-0.1, -0.05) is 13.0 Å². The maximum Gasteiger partial charge on any atom is 0.313 e. The highest BCUT2D eigenvalue weighted by atomic mass is 79.9. The highest BCUT2D eigenvalue weighted by Crippen LogP contribution is 2.30. The Bertz CT molecular complexity index is 454. The zero-order chi connectivity index (χ0) is 13.2. The summed E-state index contributed by atoms with van der Waals surface area (Å²) < 4.78 is 2.63. The van der Waals surface area contributed by atoms with Crippen molar-refractivity contribution in [3.05, 3.63) is 28.5 Å². The number of aryl methyl sites for hydroxylation is 2. The topological polar surface area (TPSA) is 55.1 Å². The van der Waals surface area contributed by atoms with E-state index in [0.717, 1.165) is 22.3 Å². The van der Waals surface area contributed by atoms with Crippen molar-refractivity contribution in [2.75, 3.05) is 0 Å². The van der Waals surface area contributed by atoms with E-state index in [9.17, 15) is 9.90 Å². The fourth-order valence-corrected chi connectivity index (χ4v) is 2.35. The lowest BCUT2D eigenvalue weighted by Gasteiger charge is -2.20. The monoisotopic (exact) mass is 300 g/mol. The fraction of sp³-hybridized carbons (Fsp3) is 0.500. The van der Waals surface area contributed by atoms with Gasteiger partial charge in [0.15, 0.2) is 0 Å². The molecule has 1 aromatic heterocycles. The molecule has 0 saturated heterocycles. The van der Waals surface area contributed by atoms with Gasteiger partial charge in [-0.3, -0.25) is 9.48 Å². The highest BCUT2D eigenvalue weighted by molar-refractivity contribution is 9.10. The maximum atomic E-state index is 11.2. The summed E-state index contributed by atoms with van der Waals surface area (Å²) >= 11 is 3.48. The van der Waals surface area contributed by atoms with Crippen LogP contribution in [0.2, 0.25) is 0 Å². The lowest BCUT2D eigenvalue weighted by Crippen LogP contribution is -2.28. The average Bonchev–Trinajstić information content (AvgIpc) is 2.55. The van der Waals surface area contributed by atoms with Gasteiger partial charge in [0, 0.05) is 13.5 Å². The van der Waals surface area contributed by atoms with Crippen LogP contribution >= 0.6 is 15.9 Å². The number of carboxylic acid groups (broad SMARTS) is 1. The number of carbonyl (C=O) groups is 1. The van der Waals surface area contributed by atoms with Crippen LogP contribution in [0.5, 0.6) is 0 Å². The van der Waals surface area contributed by atoms with Gasteiger partial charge in [-0.05, 0) is 29.3 Å². The normalized spacial score (nSPS) is 14.4. The number of hydrogen-bond acceptors (Lipinski definition) is 2. The predicted octanol–water partition coefficient (Wildman–Crippen LogP) is 2.56. The van der Waals surface area contributed by atoms with Crippen LogP contribution in [0, 0.1) is 5.41 Å². The molecule has 0 radical (unpaired) electrons. The average molecular weight is 301 g/mol. The summed E-state index contributed by atoms with van der Waals surface area (Å²) in [5.74, 6) is -0.876. The molecule has 5 heteroatoms. The SMILES string of the molecule is C=CC(C)(Cc1c(Br)c(CC)nn1C)C(=O)O. The lowest BCUT2D eigenvalue weighted by molar-refractivity contribution is -0.145. The smallest absolute Gasteiger partial charge is 0.313 e. The van der Waals surface area contributed by atoms with Crippen LogP contribution in [-0.2, 0) is 24.7 Å². The fourth-order valence-electron chi connectivity index (χ4n) is 1.59. The van der Waals surface area contributed by atoms with Crippen LogP contribution in [0.25, 0.3) is 0 Å². The molecule has 1 unspecified atom stereocenters. The van der Waals surface area contributed by atoms with Crippen molar-refractivity contribution in [3.63, 3.8) is 0 Å². The molecular formula is C12H17BrN2O2. The third kappa shape index (κ3) is 2.60. The Kier molecular flexibility index (Phi) is 4.14. The Morgan fingerprint density at radius 2 is 2.29 bits per heavy atom. The summed E-state index contributed by atoms with van der Waals surface area (Å²) in [5.41, 5.74) is 0.854. The van der Waals surface area contributed by atoms with Crippen molar-refractivity contribution >= 4 is 21.9 Å². The van der Waals surface area contributed by atoms with Gasteiger partial charge in [0.25, 0.3) is 0 Å². The van der Waals surface area contributed by atoms with Crippen LogP contribution in [0.1, 0.15) is 25.2 Å². The van der Waals surface area contributed by atoms with Crippen molar-refractivity contribution in [2.45, 2.75) is 26.7 Å². The molecule has 0 aromatic carbocycles. The zero-order valence-electron chi connectivity index (χ0n) is 10.3. The Morgan fingerprint density at radius 1 is 1.71 bits per heavy atom. The van der Waals surface area contributed by atoms with Gasteiger partial charge < -0.3 is 5.11 Å². The van der Waals surface area contributed by atoms with E-state index in [0.29, 0.717) is 6.42 Å². The summed E-state index contributed by atoms with van der Waals surface area (Å²) in [6.45, 7) is 7.29. The Balaban J connectivity index is 3.14.